The fraction of sp³-hybridized carbons (Fsp3) is 0.613. The molecule has 1 aromatic carbocycles. The molecule has 2 aliphatic heterocycles. The highest BCUT2D eigenvalue weighted by molar-refractivity contribution is 5.98. The Bertz CT molecular complexity index is 1280. The van der Waals surface area contributed by atoms with Crippen LogP contribution in [0.25, 0.3) is 11.0 Å². The van der Waals surface area contributed by atoms with Crippen molar-refractivity contribution in [2.75, 3.05) is 39.5 Å². The molecule has 3 N–H and O–H groups in total. The third-order valence-electron chi connectivity index (χ3n) is 8.64. The summed E-state index contributed by atoms with van der Waals surface area (Å²) in [4.78, 5) is 55.1. The Morgan fingerprint density at radius 1 is 1.00 bits per heavy atom. The molecule has 11 nitrogen and oxygen atoms in total. The van der Waals surface area contributed by atoms with E-state index < -0.39 is 35.5 Å². The first-order valence-electron chi connectivity index (χ1n) is 15.1. The lowest BCUT2D eigenvalue weighted by Gasteiger charge is -2.27. The van der Waals surface area contributed by atoms with E-state index in [1.807, 2.05) is 29.2 Å². The Kier molecular flexibility index (Phi) is 9.60. The number of carbonyl (C=O) groups is 4. The quantitative estimate of drug-likeness (QED) is 0.303. The van der Waals surface area contributed by atoms with Gasteiger partial charge in [0.15, 0.2) is 5.78 Å². The standard InChI is InChI=1S/C31H42N4O7/c1-20(32-27(36)17-35-11-13-40-14-12-35)29(38)34-25(16-22-18-41-26-10-6-5-9-23(22)26)30(39)33-24(15-21-7-3-4-8-21)28(37)31(2)19-42-31/h5-6,9-10,18,20-21,24-25H,3-4,7-8,11-17,19H2,1-2H3,(H,32,36)(H,33,39)(H,34,38). The van der Waals surface area contributed by atoms with Crippen molar-refractivity contribution in [2.45, 2.75) is 76.1 Å². The van der Waals surface area contributed by atoms with Gasteiger partial charge in [-0.05, 0) is 32.3 Å². The zero-order chi connectivity index (χ0) is 29.7. The van der Waals surface area contributed by atoms with Gasteiger partial charge in [-0.15, -0.1) is 0 Å². The van der Waals surface area contributed by atoms with Crippen LogP contribution in [0.15, 0.2) is 34.9 Å². The van der Waals surface area contributed by atoms with Crippen LogP contribution < -0.4 is 16.0 Å². The van der Waals surface area contributed by atoms with Gasteiger partial charge in [-0.3, -0.25) is 24.1 Å². The molecule has 0 radical (unpaired) electrons. The van der Waals surface area contributed by atoms with E-state index >= 15 is 0 Å². The number of carbonyl (C=O) groups excluding carboxylic acids is 4. The van der Waals surface area contributed by atoms with Crippen LogP contribution in [-0.4, -0.2) is 91.6 Å². The second kappa shape index (κ2) is 13.4. The summed E-state index contributed by atoms with van der Waals surface area (Å²) in [5, 5.41) is 9.39. The Labute approximate surface area is 246 Å². The third-order valence-corrected chi connectivity index (χ3v) is 8.64. The molecule has 11 heteroatoms. The maximum Gasteiger partial charge on any atom is 0.243 e. The summed E-state index contributed by atoms with van der Waals surface area (Å²) < 4.78 is 16.4. The predicted octanol–water partition coefficient (Wildman–Crippen LogP) is 1.72. The van der Waals surface area contributed by atoms with Crippen LogP contribution in [0.4, 0.5) is 0 Å². The van der Waals surface area contributed by atoms with Crippen LogP contribution in [-0.2, 0) is 35.1 Å². The van der Waals surface area contributed by atoms with E-state index in [9.17, 15) is 19.2 Å². The van der Waals surface area contributed by atoms with Gasteiger partial charge in [0.25, 0.3) is 0 Å². The van der Waals surface area contributed by atoms with E-state index in [2.05, 4.69) is 16.0 Å². The van der Waals surface area contributed by atoms with Crippen LogP contribution in [0.5, 0.6) is 0 Å². The number of rotatable bonds is 13. The first-order valence-corrected chi connectivity index (χ1v) is 15.1. The van der Waals surface area contributed by atoms with Gasteiger partial charge in [0.05, 0.1) is 38.7 Å². The summed E-state index contributed by atoms with van der Waals surface area (Å²) in [5.41, 5.74) is 0.552. The molecule has 5 rings (SSSR count). The molecule has 0 spiro atoms. The first kappa shape index (κ1) is 30.2. The van der Waals surface area contributed by atoms with Crippen molar-refractivity contribution in [2.24, 2.45) is 5.92 Å². The average Bonchev–Trinajstić information content (AvgIpc) is 3.33. The number of amides is 3. The molecule has 3 amide bonds. The number of nitrogens with zero attached hydrogens (tertiary/aromatic N) is 1. The SMILES string of the molecule is CC(NC(=O)CN1CCOCC1)C(=O)NC(Cc1coc2ccccc12)C(=O)NC(CC1CCCC1)C(=O)C1(C)CO1. The van der Waals surface area contributed by atoms with E-state index in [0.29, 0.717) is 50.8 Å². The highest BCUT2D eigenvalue weighted by Gasteiger charge is 2.50. The van der Waals surface area contributed by atoms with Crippen molar-refractivity contribution in [1.29, 1.82) is 0 Å². The van der Waals surface area contributed by atoms with Gasteiger partial charge in [0, 0.05) is 30.5 Å². The molecule has 0 bridgehead atoms. The fourth-order valence-corrected chi connectivity index (χ4v) is 5.93. The van der Waals surface area contributed by atoms with Crippen molar-refractivity contribution in [1.82, 2.24) is 20.9 Å². The maximum absolute atomic E-state index is 13.8. The van der Waals surface area contributed by atoms with Crippen LogP contribution in [0, 0.1) is 5.92 Å². The largest absolute Gasteiger partial charge is 0.464 e. The predicted molar refractivity (Wildman–Crippen MR) is 155 cm³/mol. The van der Waals surface area contributed by atoms with Crippen molar-refractivity contribution in [3.05, 3.63) is 36.1 Å². The number of epoxide rings is 1. The highest BCUT2D eigenvalue weighted by Crippen LogP contribution is 2.33. The number of ether oxygens (including phenoxy) is 2. The van der Waals surface area contributed by atoms with Gasteiger partial charge >= 0.3 is 0 Å². The molecule has 1 aromatic heterocycles. The molecule has 3 aliphatic rings. The molecule has 4 unspecified atom stereocenters. The summed E-state index contributed by atoms with van der Waals surface area (Å²) in [6, 6.07) is 4.91. The molecule has 1 aliphatic carbocycles. The number of nitrogens with one attached hydrogen (secondary N) is 3. The molecule has 2 saturated heterocycles. The van der Waals surface area contributed by atoms with E-state index in [0.717, 1.165) is 36.6 Å². The minimum atomic E-state index is -0.996. The minimum absolute atomic E-state index is 0.134. The number of furan rings is 1. The second-order valence-electron chi connectivity index (χ2n) is 12.0. The zero-order valence-corrected chi connectivity index (χ0v) is 24.5. The number of para-hydroxylation sites is 1. The molecule has 3 fully saturated rings. The topological polar surface area (TPSA) is 143 Å². The number of fused-ring (bicyclic) bond motifs is 1. The molecule has 42 heavy (non-hydrogen) atoms. The number of Topliss-reactive ketones (excluding diaryl/α,β-unsaturated/α-hetero) is 1. The van der Waals surface area contributed by atoms with Gasteiger partial charge in [-0.25, -0.2) is 0 Å². The number of hydrogen-bond donors (Lipinski definition) is 3. The van der Waals surface area contributed by atoms with Crippen molar-refractivity contribution in [3.8, 4) is 0 Å². The summed E-state index contributed by atoms with van der Waals surface area (Å²) in [7, 11) is 0. The summed E-state index contributed by atoms with van der Waals surface area (Å²) in [6.45, 7) is 6.28. The third kappa shape index (κ3) is 7.56. The average molecular weight is 583 g/mol. The van der Waals surface area contributed by atoms with Crippen molar-refractivity contribution in [3.63, 3.8) is 0 Å². The lowest BCUT2D eigenvalue weighted by Crippen LogP contribution is -2.57. The Balaban J connectivity index is 1.29. The number of hydrogen-bond acceptors (Lipinski definition) is 8. The Morgan fingerprint density at radius 3 is 2.40 bits per heavy atom. The lowest BCUT2D eigenvalue weighted by molar-refractivity contribution is -0.134. The molecular formula is C31H42N4O7. The number of ketones is 1. The fourth-order valence-electron chi connectivity index (χ4n) is 5.93. The van der Waals surface area contributed by atoms with E-state index in [1.165, 1.54) is 0 Å². The highest BCUT2D eigenvalue weighted by atomic mass is 16.6. The Hall–Kier alpha value is -3.28. The maximum atomic E-state index is 13.8. The zero-order valence-electron chi connectivity index (χ0n) is 24.5. The smallest absolute Gasteiger partial charge is 0.243 e. The van der Waals surface area contributed by atoms with E-state index in [1.54, 1.807) is 20.1 Å². The number of morpholine rings is 1. The summed E-state index contributed by atoms with van der Waals surface area (Å²) >= 11 is 0. The van der Waals surface area contributed by atoms with Gasteiger partial charge in [-0.2, -0.15) is 0 Å². The van der Waals surface area contributed by atoms with Gasteiger partial charge < -0.3 is 29.8 Å². The monoisotopic (exact) mass is 582 g/mol. The molecule has 3 heterocycles. The van der Waals surface area contributed by atoms with Crippen LogP contribution in [0.2, 0.25) is 0 Å². The molecular weight excluding hydrogens is 540 g/mol. The second-order valence-corrected chi connectivity index (χ2v) is 12.0. The van der Waals surface area contributed by atoms with Crippen LogP contribution in [0.3, 0.4) is 0 Å². The van der Waals surface area contributed by atoms with E-state index in [-0.39, 0.29) is 24.7 Å². The summed E-state index contributed by atoms with van der Waals surface area (Å²) in [5.74, 6) is -1.00. The van der Waals surface area contributed by atoms with Crippen LogP contribution in [0.1, 0.15) is 51.5 Å². The van der Waals surface area contributed by atoms with Crippen molar-refractivity contribution < 1.29 is 33.1 Å². The van der Waals surface area contributed by atoms with Crippen molar-refractivity contribution >= 4 is 34.5 Å². The summed E-state index contributed by atoms with van der Waals surface area (Å²) in [6.07, 6.45) is 6.59. The molecule has 1 saturated carbocycles. The van der Waals surface area contributed by atoms with Gasteiger partial charge in [0.2, 0.25) is 17.7 Å². The minimum Gasteiger partial charge on any atom is -0.464 e. The first-order chi connectivity index (χ1) is 20.2. The molecule has 228 valence electrons. The number of benzene rings is 1. The molecule has 2 aromatic rings. The van der Waals surface area contributed by atoms with Crippen LogP contribution >= 0.6 is 0 Å². The molecule has 4 atom stereocenters. The van der Waals surface area contributed by atoms with Gasteiger partial charge in [-0.1, -0.05) is 43.9 Å². The normalized spacial score (nSPS) is 23.2. The van der Waals surface area contributed by atoms with Gasteiger partial charge in [0.1, 0.15) is 23.3 Å². The Morgan fingerprint density at radius 2 is 1.69 bits per heavy atom. The lowest BCUT2D eigenvalue weighted by atomic mass is 9.90. The van der Waals surface area contributed by atoms with E-state index in [4.69, 9.17) is 13.9 Å².